The van der Waals surface area contributed by atoms with Crippen molar-refractivity contribution in [2.24, 2.45) is 23.5 Å². The summed E-state index contributed by atoms with van der Waals surface area (Å²) in [4.78, 5) is 30.2. The van der Waals surface area contributed by atoms with Gasteiger partial charge in [-0.05, 0) is 62.9 Å². The summed E-state index contributed by atoms with van der Waals surface area (Å²) in [6, 6.07) is 10.4. The molecule has 4 unspecified atom stereocenters. The van der Waals surface area contributed by atoms with E-state index in [2.05, 4.69) is 0 Å². The van der Waals surface area contributed by atoms with Crippen LogP contribution in [0.2, 0.25) is 0 Å². The van der Waals surface area contributed by atoms with Gasteiger partial charge in [-0.25, -0.2) is 0 Å². The first kappa shape index (κ1) is 26.8. The Balaban J connectivity index is 1.74. The molecule has 0 heterocycles. The number of carbonyl (C=O) groups is 2. The number of aromatic hydroxyl groups is 1. The van der Waals surface area contributed by atoms with E-state index in [0.717, 1.165) is 11.3 Å². The highest BCUT2D eigenvalue weighted by Gasteiger charge is 2.59. The Morgan fingerprint density at radius 3 is 2.26 bits per heavy atom. The Morgan fingerprint density at radius 1 is 1.05 bits per heavy atom. The number of primary amides is 1. The Hall–Kier alpha value is -3.82. The van der Waals surface area contributed by atoms with Crippen molar-refractivity contribution in [3.8, 4) is 16.9 Å². The number of hydrogen-bond acceptors (Lipinski definition) is 8. The molecule has 0 spiro atoms. The number of hydrogen-bond donors (Lipinski definition) is 5. The van der Waals surface area contributed by atoms with Gasteiger partial charge in [0.05, 0.1) is 23.1 Å². The molecule has 3 aliphatic rings. The predicted molar refractivity (Wildman–Crippen MR) is 148 cm³/mol. The van der Waals surface area contributed by atoms with Crippen LogP contribution in [0.25, 0.3) is 11.1 Å². The topological polar surface area (TPSA) is 148 Å². The second-order valence-corrected chi connectivity index (χ2v) is 11.5. The van der Waals surface area contributed by atoms with Crippen LogP contribution in [0, 0.1) is 17.8 Å². The highest BCUT2D eigenvalue weighted by Crippen LogP contribution is 2.55. The number of anilines is 1. The lowest BCUT2D eigenvalue weighted by atomic mass is 9.57. The van der Waals surface area contributed by atoms with E-state index >= 15 is 0 Å². The number of phenolic OH excluding ortho intramolecular Hbond substituents is 1. The van der Waals surface area contributed by atoms with Gasteiger partial charge in [-0.2, -0.15) is 0 Å². The molecule has 2 aromatic carbocycles. The maximum absolute atomic E-state index is 14.2. The number of nitrogens with zero attached hydrogens (tertiary/aromatic N) is 2. The van der Waals surface area contributed by atoms with Gasteiger partial charge in [0.25, 0.3) is 5.91 Å². The lowest BCUT2D eigenvalue weighted by Crippen LogP contribution is -2.59. The number of ketones is 1. The fourth-order valence-electron chi connectivity index (χ4n) is 7.18. The van der Waals surface area contributed by atoms with Gasteiger partial charge in [0.1, 0.15) is 22.9 Å². The number of aliphatic hydroxyl groups excluding tert-OH is 2. The number of Topliss-reactive ketones (excluding diaryl/α,β-unsaturated/α-hetero) is 1. The second kappa shape index (κ2) is 9.14. The molecular formula is C30H35N3O6. The first-order chi connectivity index (χ1) is 18.3. The quantitative estimate of drug-likeness (QED) is 0.403. The van der Waals surface area contributed by atoms with E-state index in [1.54, 1.807) is 19.0 Å². The second-order valence-electron chi connectivity index (χ2n) is 11.5. The van der Waals surface area contributed by atoms with Crippen molar-refractivity contribution in [1.82, 2.24) is 4.90 Å². The van der Waals surface area contributed by atoms with Crippen LogP contribution >= 0.6 is 0 Å². The molecule has 0 radical (unpaired) electrons. The molecule has 2 aromatic rings. The van der Waals surface area contributed by atoms with Gasteiger partial charge in [-0.15, -0.1) is 0 Å². The van der Waals surface area contributed by atoms with E-state index in [4.69, 9.17) is 5.73 Å². The highest BCUT2D eigenvalue weighted by atomic mass is 16.3. The minimum absolute atomic E-state index is 0.122. The lowest BCUT2D eigenvalue weighted by Gasteiger charge is -2.52. The van der Waals surface area contributed by atoms with E-state index in [0.29, 0.717) is 24.0 Å². The van der Waals surface area contributed by atoms with Crippen LogP contribution in [-0.2, 0) is 11.2 Å². The molecule has 5 atom stereocenters. The van der Waals surface area contributed by atoms with Crippen LogP contribution < -0.4 is 10.6 Å². The van der Waals surface area contributed by atoms with Crippen LogP contribution in [0.4, 0.5) is 5.69 Å². The van der Waals surface area contributed by atoms with E-state index in [9.17, 15) is 30.0 Å². The van der Waals surface area contributed by atoms with E-state index in [1.165, 1.54) is 6.92 Å². The third-order valence-corrected chi connectivity index (χ3v) is 8.69. The average Bonchev–Trinajstić information content (AvgIpc) is 2.83. The Morgan fingerprint density at radius 2 is 1.69 bits per heavy atom. The number of nitrogens with two attached hydrogens (primary N) is 1. The summed E-state index contributed by atoms with van der Waals surface area (Å²) >= 11 is 0. The third kappa shape index (κ3) is 3.83. The standard InChI is InChI=1S/C30H35N3O6/c1-30(39)22-18(24(33(4)5)28(37)23(30)29(31)38)12-15-11-17-19(32(2)3)13-16(14-9-7-6-8-10-14)25(34)21(17)26(35)20(15)27(22)36/h6-10,13,15,18,22,24,34,36-37,39H,11-12H2,1-5H3,(H2,31,38)/t15?,18?,22?,24-,30?/m0/s1. The number of fused-ring (bicyclic) bond motifs is 3. The van der Waals surface area contributed by atoms with E-state index < -0.39 is 41.1 Å². The zero-order valence-electron chi connectivity index (χ0n) is 22.8. The fraction of sp³-hybridized carbons (Fsp3) is 0.400. The molecular weight excluding hydrogens is 498 g/mol. The normalized spacial score (nSPS) is 28.2. The average molecular weight is 534 g/mol. The van der Waals surface area contributed by atoms with Gasteiger partial charge in [0, 0.05) is 30.9 Å². The van der Waals surface area contributed by atoms with Crippen molar-refractivity contribution >= 4 is 17.4 Å². The molecule has 0 saturated carbocycles. The third-order valence-electron chi connectivity index (χ3n) is 8.69. The summed E-state index contributed by atoms with van der Waals surface area (Å²) < 4.78 is 0. The molecule has 9 nitrogen and oxygen atoms in total. The Kier molecular flexibility index (Phi) is 6.27. The number of benzene rings is 2. The zero-order valence-corrected chi connectivity index (χ0v) is 22.8. The van der Waals surface area contributed by atoms with E-state index in [-0.39, 0.29) is 34.0 Å². The van der Waals surface area contributed by atoms with E-state index in [1.807, 2.05) is 55.4 Å². The summed E-state index contributed by atoms with van der Waals surface area (Å²) in [7, 11) is 7.23. The van der Waals surface area contributed by atoms with Crippen molar-refractivity contribution in [3.05, 3.63) is 70.2 Å². The lowest BCUT2D eigenvalue weighted by molar-refractivity contribution is -0.120. The van der Waals surface area contributed by atoms with Crippen molar-refractivity contribution in [3.63, 3.8) is 0 Å². The summed E-state index contributed by atoms with van der Waals surface area (Å²) in [5.74, 6) is -4.31. The van der Waals surface area contributed by atoms with Crippen LogP contribution in [0.5, 0.6) is 5.75 Å². The first-order valence-corrected chi connectivity index (χ1v) is 13.0. The van der Waals surface area contributed by atoms with Gasteiger partial charge in [-0.3, -0.25) is 14.5 Å². The Bertz CT molecular complexity index is 1440. The highest BCUT2D eigenvalue weighted by molar-refractivity contribution is 6.15. The number of amides is 1. The minimum Gasteiger partial charge on any atom is -0.511 e. The SMILES string of the molecule is CN(C)c1cc(-c2ccccc2)c(O)c2c1CC1CC3C(C(O)=C1C2=O)C(C)(O)C(C(N)=O)=C(O)[C@H]3N(C)C. The number of carbonyl (C=O) groups excluding carboxylic acids is 2. The molecule has 39 heavy (non-hydrogen) atoms. The summed E-state index contributed by atoms with van der Waals surface area (Å²) in [6.45, 7) is 1.33. The fourth-order valence-corrected chi connectivity index (χ4v) is 7.18. The monoisotopic (exact) mass is 533 g/mol. The van der Waals surface area contributed by atoms with Crippen molar-refractivity contribution < 1.29 is 30.0 Å². The van der Waals surface area contributed by atoms with Gasteiger partial charge >= 0.3 is 0 Å². The van der Waals surface area contributed by atoms with Crippen molar-refractivity contribution in [1.29, 1.82) is 0 Å². The molecule has 3 aliphatic carbocycles. The first-order valence-electron chi connectivity index (χ1n) is 13.0. The van der Waals surface area contributed by atoms with Crippen LogP contribution in [0.1, 0.15) is 29.3 Å². The minimum atomic E-state index is -2.02. The molecule has 0 aromatic heterocycles. The zero-order chi connectivity index (χ0) is 28.5. The van der Waals surface area contributed by atoms with Crippen LogP contribution in [0.15, 0.2) is 59.1 Å². The molecule has 0 saturated heterocycles. The summed E-state index contributed by atoms with van der Waals surface area (Å²) in [6.07, 6.45) is 0.730. The number of phenols is 1. The number of aliphatic hydroxyl groups is 3. The maximum Gasteiger partial charge on any atom is 0.251 e. The molecule has 5 rings (SSSR count). The number of rotatable bonds is 4. The van der Waals surface area contributed by atoms with Crippen molar-refractivity contribution in [2.75, 3.05) is 33.1 Å². The van der Waals surface area contributed by atoms with Gasteiger partial charge in [0.15, 0.2) is 5.78 Å². The molecule has 206 valence electrons. The van der Waals surface area contributed by atoms with Crippen molar-refractivity contribution in [2.45, 2.75) is 31.4 Å². The molecule has 0 aliphatic heterocycles. The molecule has 6 N–H and O–H groups in total. The van der Waals surface area contributed by atoms with Gasteiger partial charge < -0.3 is 31.1 Å². The molecule has 1 amide bonds. The largest absolute Gasteiger partial charge is 0.511 e. The molecule has 0 fully saturated rings. The Labute approximate surface area is 227 Å². The maximum atomic E-state index is 14.2. The van der Waals surface area contributed by atoms with Gasteiger partial charge in [0.2, 0.25) is 0 Å². The summed E-state index contributed by atoms with van der Waals surface area (Å²) in [5.41, 5.74) is 6.16. The summed E-state index contributed by atoms with van der Waals surface area (Å²) in [5, 5.41) is 45.8. The van der Waals surface area contributed by atoms with Crippen LogP contribution in [-0.4, -0.2) is 76.9 Å². The predicted octanol–water partition coefficient (Wildman–Crippen LogP) is 2.92. The molecule has 0 bridgehead atoms. The smallest absolute Gasteiger partial charge is 0.251 e. The van der Waals surface area contributed by atoms with Gasteiger partial charge in [-0.1, -0.05) is 30.3 Å². The number of likely N-dealkylation sites (N-methyl/N-ethyl adjacent to an activating group) is 1. The molecule has 9 heteroatoms. The van der Waals surface area contributed by atoms with Crippen LogP contribution in [0.3, 0.4) is 0 Å². The number of allylic oxidation sites excluding steroid dienone is 1.